The van der Waals surface area contributed by atoms with Crippen LogP contribution in [0.1, 0.15) is 27.8 Å². The van der Waals surface area contributed by atoms with E-state index in [-0.39, 0.29) is 11.9 Å². The maximum Gasteiger partial charge on any atom is 0.227 e. The average molecular weight is 432 g/mol. The number of benzene rings is 4. The highest BCUT2D eigenvalue weighted by Gasteiger charge is 2.30. The first kappa shape index (κ1) is 21.2. The second kappa shape index (κ2) is 9.46. The van der Waals surface area contributed by atoms with Gasteiger partial charge in [0.05, 0.1) is 6.42 Å². The normalized spacial score (nSPS) is 13.0. The van der Waals surface area contributed by atoms with Gasteiger partial charge in [-0.2, -0.15) is 0 Å². The van der Waals surface area contributed by atoms with Crippen LogP contribution in [0.3, 0.4) is 0 Å². The summed E-state index contributed by atoms with van der Waals surface area (Å²) < 4.78 is 0. The van der Waals surface area contributed by atoms with Crippen LogP contribution in [0.5, 0.6) is 0 Å². The van der Waals surface area contributed by atoms with Crippen LogP contribution in [-0.2, 0) is 30.6 Å². The van der Waals surface area contributed by atoms with E-state index in [2.05, 4.69) is 90.7 Å². The Morgan fingerprint density at radius 1 is 0.727 bits per heavy atom. The van der Waals surface area contributed by atoms with Crippen molar-refractivity contribution in [2.45, 2.75) is 38.8 Å². The number of fused-ring (bicyclic) bond motifs is 1. The van der Waals surface area contributed by atoms with Crippen LogP contribution < -0.4 is 0 Å². The number of nitrogens with zero attached hydrogens (tertiary/aromatic N) is 1. The number of carbonyl (C=O) groups excluding carboxylic acids is 1. The Hall–Kier alpha value is -3.65. The minimum atomic E-state index is 0.193. The van der Waals surface area contributed by atoms with Crippen molar-refractivity contribution in [3.63, 3.8) is 0 Å². The summed E-state index contributed by atoms with van der Waals surface area (Å²) in [5, 5.41) is 0. The molecular formula is C31H29NO. The van der Waals surface area contributed by atoms with E-state index in [9.17, 15) is 4.79 Å². The molecule has 0 heterocycles. The molecule has 1 aliphatic carbocycles. The Labute approximate surface area is 196 Å². The first-order valence-corrected chi connectivity index (χ1v) is 11.7. The average Bonchev–Trinajstić information content (AvgIpc) is 3.28. The molecule has 0 bridgehead atoms. The number of carbonyl (C=O) groups is 1. The zero-order valence-corrected chi connectivity index (χ0v) is 19.1. The molecule has 0 atom stereocenters. The predicted octanol–water partition coefficient (Wildman–Crippen LogP) is 6.40. The van der Waals surface area contributed by atoms with E-state index in [1.165, 1.54) is 22.3 Å². The van der Waals surface area contributed by atoms with Crippen LogP contribution in [0.2, 0.25) is 0 Å². The summed E-state index contributed by atoms with van der Waals surface area (Å²) in [5.74, 6) is 0.194. The lowest BCUT2D eigenvalue weighted by Gasteiger charge is -2.30. The first-order chi connectivity index (χ1) is 16.2. The number of rotatable bonds is 6. The summed E-state index contributed by atoms with van der Waals surface area (Å²) in [6, 6.07) is 35.9. The van der Waals surface area contributed by atoms with Crippen LogP contribution in [0.25, 0.3) is 11.1 Å². The molecule has 0 saturated heterocycles. The molecule has 0 radical (unpaired) electrons. The largest absolute Gasteiger partial charge is 0.334 e. The van der Waals surface area contributed by atoms with Crippen molar-refractivity contribution in [2.24, 2.45) is 0 Å². The van der Waals surface area contributed by atoms with E-state index in [0.717, 1.165) is 29.5 Å². The van der Waals surface area contributed by atoms with Gasteiger partial charge in [-0.15, -0.1) is 0 Å². The fourth-order valence-corrected chi connectivity index (χ4v) is 4.99. The fourth-order valence-electron chi connectivity index (χ4n) is 4.99. The second-order valence-corrected chi connectivity index (χ2v) is 8.98. The second-order valence-electron chi connectivity index (χ2n) is 8.98. The third-order valence-electron chi connectivity index (χ3n) is 6.84. The Morgan fingerprint density at radius 2 is 1.30 bits per heavy atom. The van der Waals surface area contributed by atoms with Gasteiger partial charge in [-0.3, -0.25) is 4.79 Å². The van der Waals surface area contributed by atoms with Gasteiger partial charge in [-0.1, -0.05) is 103 Å². The van der Waals surface area contributed by atoms with Crippen molar-refractivity contribution in [1.29, 1.82) is 0 Å². The van der Waals surface area contributed by atoms with Crippen LogP contribution in [0, 0.1) is 6.92 Å². The predicted molar refractivity (Wildman–Crippen MR) is 135 cm³/mol. The van der Waals surface area contributed by atoms with Crippen molar-refractivity contribution >= 4 is 5.91 Å². The molecule has 4 aromatic rings. The van der Waals surface area contributed by atoms with Gasteiger partial charge in [0.25, 0.3) is 0 Å². The third-order valence-corrected chi connectivity index (χ3v) is 6.84. The molecular weight excluding hydrogens is 402 g/mol. The highest BCUT2D eigenvalue weighted by molar-refractivity contribution is 5.82. The highest BCUT2D eigenvalue weighted by Crippen LogP contribution is 2.29. The minimum absolute atomic E-state index is 0.193. The maximum absolute atomic E-state index is 13.9. The van der Waals surface area contributed by atoms with Crippen LogP contribution in [0.15, 0.2) is 103 Å². The molecule has 0 unspecified atom stereocenters. The van der Waals surface area contributed by atoms with Gasteiger partial charge in [0.15, 0.2) is 0 Å². The zero-order chi connectivity index (χ0) is 22.6. The molecule has 33 heavy (non-hydrogen) atoms. The van der Waals surface area contributed by atoms with Crippen LogP contribution in [-0.4, -0.2) is 16.8 Å². The van der Waals surface area contributed by atoms with E-state index in [4.69, 9.17) is 0 Å². The Morgan fingerprint density at radius 3 is 2.00 bits per heavy atom. The standard InChI is InChI=1S/C31H29NO/c1-23-11-5-6-17-28(23)22-32(29-19-25-14-7-8-15-26(25)20-29)31(33)21-27-16-9-10-18-30(27)24-12-3-2-4-13-24/h2-18,29H,19-22H2,1H3. The van der Waals surface area contributed by atoms with E-state index in [1.807, 2.05) is 24.3 Å². The number of aryl methyl sites for hydroxylation is 1. The van der Waals surface area contributed by atoms with Gasteiger partial charge in [0.2, 0.25) is 5.91 Å². The van der Waals surface area contributed by atoms with Crippen molar-refractivity contribution in [2.75, 3.05) is 0 Å². The van der Waals surface area contributed by atoms with Crippen molar-refractivity contribution in [1.82, 2.24) is 4.90 Å². The van der Waals surface area contributed by atoms with E-state index in [1.54, 1.807) is 0 Å². The molecule has 0 aliphatic heterocycles. The topological polar surface area (TPSA) is 20.3 Å². The number of amides is 1. The maximum atomic E-state index is 13.9. The highest BCUT2D eigenvalue weighted by atomic mass is 16.2. The summed E-state index contributed by atoms with van der Waals surface area (Å²) >= 11 is 0. The molecule has 5 rings (SSSR count). The molecule has 2 nitrogen and oxygen atoms in total. The minimum Gasteiger partial charge on any atom is -0.334 e. The van der Waals surface area contributed by atoms with Crippen molar-refractivity contribution in [3.8, 4) is 11.1 Å². The van der Waals surface area contributed by atoms with Crippen molar-refractivity contribution in [3.05, 3.63) is 131 Å². The van der Waals surface area contributed by atoms with Gasteiger partial charge in [0, 0.05) is 12.6 Å². The van der Waals surface area contributed by atoms with Crippen LogP contribution in [0.4, 0.5) is 0 Å². The summed E-state index contributed by atoms with van der Waals surface area (Å²) in [6.45, 7) is 2.78. The SMILES string of the molecule is Cc1ccccc1CN(C(=O)Cc1ccccc1-c1ccccc1)C1Cc2ccccc2C1. The smallest absolute Gasteiger partial charge is 0.227 e. The van der Waals surface area contributed by atoms with Gasteiger partial charge in [0.1, 0.15) is 0 Å². The molecule has 4 aromatic carbocycles. The molecule has 164 valence electrons. The monoisotopic (exact) mass is 431 g/mol. The van der Waals surface area contributed by atoms with Crippen LogP contribution >= 0.6 is 0 Å². The van der Waals surface area contributed by atoms with Gasteiger partial charge >= 0.3 is 0 Å². The Kier molecular flexibility index (Phi) is 6.08. The van der Waals surface area contributed by atoms with Gasteiger partial charge < -0.3 is 4.90 Å². The Bertz CT molecular complexity index is 1240. The molecule has 1 aliphatic rings. The fraction of sp³-hybridized carbons (Fsp3) is 0.194. The molecule has 1 amide bonds. The molecule has 0 fully saturated rings. The van der Waals surface area contributed by atoms with Gasteiger partial charge in [-0.25, -0.2) is 0 Å². The molecule has 2 heteroatoms. The van der Waals surface area contributed by atoms with Crippen molar-refractivity contribution < 1.29 is 4.79 Å². The molecule has 0 saturated carbocycles. The number of hydrogen-bond acceptors (Lipinski definition) is 1. The first-order valence-electron chi connectivity index (χ1n) is 11.7. The lowest BCUT2D eigenvalue weighted by molar-refractivity contribution is -0.133. The summed E-state index contributed by atoms with van der Waals surface area (Å²) in [4.78, 5) is 16.0. The number of hydrogen-bond donors (Lipinski definition) is 0. The van der Waals surface area contributed by atoms with E-state index in [0.29, 0.717) is 13.0 Å². The van der Waals surface area contributed by atoms with E-state index < -0.39 is 0 Å². The zero-order valence-electron chi connectivity index (χ0n) is 19.1. The van der Waals surface area contributed by atoms with Gasteiger partial charge in [-0.05, 0) is 58.7 Å². The quantitative estimate of drug-likeness (QED) is 0.346. The lowest BCUT2D eigenvalue weighted by Crippen LogP contribution is -2.41. The summed E-state index contributed by atoms with van der Waals surface area (Å²) in [7, 11) is 0. The summed E-state index contributed by atoms with van der Waals surface area (Å²) in [5.41, 5.74) is 8.56. The third kappa shape index (κ3) is 4.61. The molecule has 0 spiro atoms. The summed E-state index contributed by atoms with van der Waals surface area (Å²) in [6.07, 6.45) is 2.26. The molecule has 0 N–H and O–H groups in total. The lowest BCUT2D eigenvalue weighted by atomic mass is 9.96. The molecule has 0 aromatic heterocycles. The Balaban J connectivity index is 1.45. The van der Waals surface area contributed by atoms with E-state index >= 15 is 0 Å².